The molecule has 3 aromatic rings. The van der Waals surface area contributed by atoms with E-state index in [0.29, 0.717) is 12.2 Å². The molecule has 0 spiro atoms. The number of rotatable bonds is 8. The number of nitrogens with one attached hydrogen (secondary N) is 2. The van der Waals surface area contributed by atoms with Gasteiger partial charge in [0, 0.05) is 24.1 Å². The summed E-state index contributed by atoms with van der Waals surface area (Å²) in [5.74, 6) is 2.27. The van der Waals surface area contributed by atoms with Crippen molar-refractivity contribution in [1.29, 1.82) is 0 Å². The van der Waals surface area contributed by atoms with Crippen LogP contribution in [0, 0.1) is 6.92 Å². The average Bonchev–Trinajstić information content (AvgIpc) is 3.66. The highest BCUT2D eigenvalue weighted by Crippen LogP contribution is 2.31. The number of allylic oxidation sites excluding steroid dienone is 2. The summed E-state index contributed by atoms with van der Waals surface area (Å²) in [5, 5.41) is 27.1. The zero-order valence-electron chi connectivity index (χ0n) is 26.2. The molecule has 0 radical (unpaired) electrons. The summed E-state index contributed by atoms with van der Waals surface area (Å²) >= 11 is 0. The van der Waals surface area contributed by atoms with Crippen molar-refractivity contribution in [3.05, 3.63) is 76.6 Å². The van der Waals surface area contributed by atoms with Crippen molar-refractivity contribution in [2.45, 2.75) is 94.1 Å². The molecule has 0 amide bonds. The number of benzene rings is 2. The Morgan fingerprint density at radius 2 is 1.76 bits per heavy atom. The van der Waals surface area contributed by atoms with Crippen molar-refractivity contribution in [2.75, 3.05) is 0 Å². The number of hydrogen-bond acceptors (Lipinski definition) is 7. The Kier molecular flexibility index (Phi) is 13.8. The Bertz CT molecular complexity index is 1360. The molecule has 41 heavy (non-hydrogen) atoms. The van der Waals surface area contributed by atoms with Gasteiger partial charge < -0.3 is 10.4 Å². The number of H-pyrrole nitrogens is 1. The second kappa shape index (κ2) is 17.0. The molecule has 0 aliphatic carbocycles. The molecule has 2 aromatic carbocycles. The molecule has 1 aromatic heterocycles. The summed E-state index contributed by atoms with van der Waals surface area (Å²) in [6, 6.07) is 14.8. The molecule has 220 valence electrons. The molecule has 0 fully saturated rings. The lowest BCUT2D eigenvalue weighted by Gasteiger charge is -2.13. The second-order valence-electron chi connectivity index (χ2n) is 9.85. The van der Waals surface area contributed by atoms with E-state index in [1.165, 1.54) is 16.7 Å². The van der Waals surface area contributed by atoms with Gasteiger partial charge in [0.05, 0.1) is 6.10 Å². The lowest BCUT2D eigenvalue weighted by molar-refractivity contribution is 0.194. The van der Waals surface area contributed by atoms with Gasteiger partial charge in [0.25, 0.3) is 0 Å². The molecule has 0 saturated heterocycles. The highest BCUT2D eigenvalue weighted by Gasteiger charge is 2.18. The molecule has 4 rings (SSSR count). The van der Waals surface area contributed by atoms with Crippen LogP contribution in [-0.4, -0.2) is 43.5 Å². The number of aliphatic imine (C=N–C) groups is 2. The molecular weight excluding hydrogens is 510 g/mol. The summed E-state index contributed by atoms with van der Waals surface area (Å²) < 4.78 is 0. The third kappa shape index (κ3) is 9.60. The van der Waals surface area contributed by atoms with Crippen molar-refractivity contribution < 1.29 is 5.11 Å². The van der Waals surface area contributed by atoms with E-state index in [1.54, 1.807) is 6.92 Å². The van der Waals surface area contributed by atoms with E-state index in [1.807, 2.05) is 65.8 Å². The fourth-order valence-corrected chi connectivity index (χ4v) is 4.28. The van der Waals surface area contributed by atoms with Gasteiger partial charge in [-0.1, -0.05) is 82.7 Å². The Morgan fingerprint density at radius 1 is 1.05 bits per heavy atom. The number of tetrazole rings is 1. The fourth-order valence-electron chi connectivity index (χ4n) is 4.28. The molecule has 1 atom stereocenters. The number of nitrogens with zero attached hydrogens (tertiary/aromatic N) is 5. The van der Waals surface area contributed by atoms with Gasteiger partial charge in [0.2, 0.25) is 5.82 Å². The molecule has 8 heteroatoms. The molecule has 1 unspecified atom stereocenters. The number of hydrogen-bond donors (Lipinski definition) is 3. The molecule has 1 aliphatic heterocycles. The molecule has 0 saturated carbocycles. The van der Waals surface area contributed by atoms with Crippen LogP contribution >= 0.6 is 0 Å². The van der Waals surface area contributed by atoms with Crippen LogP contribution in [0.25, 0.3) is 22.5 Å². The van der Waals surface area contributed by atoms with Crippen LogP contribution in [0.5, 0.6) is 0 Å². The van der Waals surface area contributed by atoms with Crippen LogP contribution in [0.15, 0.2) is 75.5 Å². The molecular formula is C33H47N7O. The zero-order valence-corrected chi connectivity index (χ0v) is 26.2. The minimum Gasteiger partial charge on any atom is -0.393 e. The Hall–Kier alpha value is -3.91. The normalized spacial score (nSPS) is 13.3. The van der Waals surface area contributed by atoms with Crippen molar-refractivity contribution >= 4 is 11.7 Å². The van der Waals surface area contributed by atoms with Crippen LogP contribution in [-0.2, 0) is 6.42 Å². The minimum absolute atomic E-state index is 0.368. The van der Waals surface area contributed by atoms with Crippen LogP contribution in [0.3, 0.4) is 0 Å². The van der Waals surface area contributed by atoms with E-state index in [0.717, 1.165) is 59.0 Å². The van der Waals surface area contributed by atoms with Crippen LogP contribution < -0.4 is 5.32 Å². The van der Waals surface area contributed by atoms with Crippen LogP contribution in [0.1, 0.15) is 85.8 Å². The molecule has 0 bridgehead atoms. The first kappa shape index (κ1) is 33.3. The molecule has 2 heterocycles. The maximum absolute atomic E-state index is 9.44. The van der Waals surface area contributed by atoms with Gasteiger partial charge in [-0.3, -0.25) is 0 Å². The largest absolute Gasteiger partial charge is 0.393 e. The standard InChI is InChI=1S/C17H18N4.C14H23N3O.C2H6/c1-3-6-13-11-14(10-9-12(13)2)15-7-4-5-8-16(15)17-18-20-21-19-17;1-6-11(8-10(5)18)15-14-13(9(3)4)16-12(7-2)17-14;1-2/h4-5,7-11H,3,6H2,1-2H3,(H,18,19,20,21);6,10,18H,7-8H2,1-5H3,(H,15,16,17);1-2H3/b;11-6-;. The van der Waals surface area contributed by atoms with Crippen molar-refractivity contribution in [2.24, 2.45) is 9.98 Å². The van der Waals surface area contributed by atoms with E-state index in [9.17, 15) is 5.11 Å². The summed E-state index contributed by atoms with van der Waals surface area (Å²) in [6.45, 7) is 18.2. The van der Waals surface area contributed by atoms with Crippen LogP contribution in [0.2, 0.25) is 0 Å². The molecule has 3 N–H and O–H groups in total. The number of aliphatic hydroxyl groups excluding tert-OH is 1. The van der Waals surface area contributed by atoms with Crippen molar-refractivity contribution in [3.63, 3.8) is 0 Å². The second-order valence-corrected chi connectivity index (χ2v) is 9.85. The van der Waals surface area contributed by atoms with Gasteiger partial charge in [-0.25, -0.2) is 9.98 Å². The lowest BCUT2D eigenvalue weighted by atomic mass is 9.94. The summed E-state index contributed by atoms with van der Waals surface area (Å²) in [4.78, 5) is 8.97. The first-order chi connectivity index (χ1) is 19.8. The predicted octanol–water partition coefficient (Wildman–Crippen LogP) is 7.59. The summed E-state index contributed by atoms with van der Waals surface area (Å²) in [7, 11) is 0. The van der Waals surface area contributed by atoms with Crippen LogP contribution in [0.4, 0.5) is 0 Å². The third-order valence-corrected chi connectivity index (χ3v) is 6.33. The van der Waals surface area contributed by atoms with Gasteiger partial charge in [-0.15, -0.1) is 10.2 Å². The monoisotopic (exact) mass is 557 g/mol. The maximum Gasteiger partial charge on any atom is 0.205 e. The topological polar surface area (TPSA) is 111 Å². The number of aromatic nitrogens is 4. The van der Waals surface area contributed by atoms with Crippen molar-refractivity contribution in [3.8, 4) is 22.5 Å². The number of amidine groups is 2. The van der Waals surface area contributed by atoms with Gasteiger partial charge in [0.15, 0.2) is 5.84 Å². The highest BCUT2D eigenvalue weighted by atomic mass is 16.3. The van der Waals surface area contributed by atoms with Gasteiger partial charge in [-0.2, -0.15) is 5.21 Å². The number of aliphatic hydroxyl groups is 1. The van der Waals surface area contributed by atoms with E-state index in [2.05, 4.69) is 74.0 Å². The van der Waals surface area contributed by atoms with E-state index >= 15 is 0 Å². The Labute approximate surface area is 245 Å². The first-order valence-corrected chi connectivity index (χ1v) is 14.6. The number of aromatic amines is 1. The Morgan fingerprint density at radius 3 is 2.32 bits per heavy atom. The summed E-state index contributed by atoms with van der Waals surface area (Å²) in [5.41, 5.74) is 9.10. The summed E-state index contributed by atoms with van der Waals surface area (Å²) in [6.07, 6.45) is 5.26. The predicted molar refractivity (Wildman–Crippen MR) is 172 cm³/mol. The highest BCUT2D eigenvalue weighted by molar-refractivity contribution is 6.12. The fraction of sp³-hybridized carbons (Fsp3) is 0.424. The third-order valence-electron chi connectivity index (χ3n) is 6.33. The molecule has 8 nitrogen and oxygen atoms in total. The smallest absolute Gasteiger partial charge is 0.205 e. The quantitative estimate of drug-likeness (QED) is 0.264. The Balaban J connectivity index is 0.000000274. The minimum atomic E-state index is -0.368. The van der Waals surface area contributed by atoms with Crippen molar-refractivity contribution in [1.82, 2.24) is 25.9 Å². The SMILES string of the molecule is C/C=C(/CC(C)O)NC1=NC(CC)=NC1=C(C)C.CC.CCCc1cc(-c2ccccc2-c2nn[nH]n2)ccc1C. The first-order valence-electron chi connectivity index (χ1n) is 14.6. The van der Waals surface area contributed by atoms with Gasteiger partial charge in [0.1, 0.15) is 11.5 Å². The van der Waals surface area contributed by atoms with Gasteiger partial charge >= 0.3 is 0 Å². The lowest BCUT2D eigenvalue weighted by Crippen LogP contribution is -2.25. The van der Waals surface area contributed by atoms with E-state index in [-0.39, 0.29) is 6.10 Å². The van der Waals surface area contributed by atoms with Gasteiger partial charge in [-0.05, 0) is 74.1 Å². The van der Waals surface area contributed by atoms with E-state index < -0.39 is 0 Å². The average molecular weight is 558 g/mol. The maximum atomic E-state index is 9.44. The zero-order chi connectivity index (χ0) is 30.4. The molecule has 1 aliphatic rings. The van der Waals surface area contributed by atoms with E-state index in [4.69, 9.17) is 0 Å². The number of aryl methyl sites for hydroxylation is 2.